The van der Waals surface area contributed by atoms with Crippen LogP contribution in [-0.4, -0.2) is 54.0 Å². The van der Waals surface area contributed by atoms with Crippen molar-refractivity contribution in [3.8, 4) is 0 Å². The number of hydrogen-bond acceptors (Lipinski definition) is 2. The predicted molar refractivity (Wildman–Crippen MR) is 98.5 cm³/mol. The third-order valence-electron chi connectivity index (χ3n) is 5.72. The van der Waals surface area contributed by atoms with Gasteiger partial charge < -0.3 is 15.1 Å². The fourth-order valence-corrected chi connectivity index (χ4v) is 4.10. The fraction of sp³-hybridized carbons (Fsp3) is 0.600. The van der Waals surface area contributed by atoms with Crippen molar-refractivity contribution in [1.82, 2.24) is 15.1 Å². The first-order valence-corrected chi connectivity index (χ1v) is 9.51. The quantitative estimate of drug-likeness (QED) is 0.880. The van der Waals surface area contributed by atoms with Crippen LogP contribution in [0.25, 0.3) is 0 Å². The lowest BCUT2D eigenvalue weighted by Crippen LogP contribution is -2.51. The smallest absolute Gasteiger partial charge is 0.317 e. The second-order valence-corrected chi connectivity index (χ2v) is 7.49. The van der Waals surface area contributed by atoms with Crippen LogP contribution in [0.4, 0.5) is 9.18 Å². The number of piperidine rings is 2. The average Bonchev–Trinajstić information content (AvgIpc) is 2.62. The number of rotatable bonds is 2. The van der Waals surface area contributed by atoms with E-state index < -0.39 is 0 Å². The molecule has 0 radical (unpaired) electrons. The van der Waals surface area contributed by atoms with E-state index in [4.69, 9.17) is 0 Å². The normalized spacial score (nSPS) is 19.5. The number of nitrogens with one attached hydrogen (secondary N) is 1. The minimum atomic E-state index is -0.195. The molecule has 5 nitrogen and oxygen atoms in total. The van der Waals surface area contributed by atoms with Gasteiger partial charge in [-0.3, -0.25) is 4.79 Å². The topological polar surface area (TPSA) is 52.7 Å². The summed E-state index contributed by atoms with van der Waals surface area (Å²) in [4.78, 5) is 27.6. The summed E-state index contributed by atoms with van der Waals surface area (Å²) < 4.78 is 13.3. The van der Waals surface area contributed by atoms with Crippen LogP contribution in [0, 0.1) is 12.7 Å². The summed E-state index contributed by atoms with van der Waals surface area (Å²) in [5, 5.41) is 3.12. The van der Waals surface area contributed by atoms with Crippen LogP contribution in [-0.2, 0) is 4.79 Å². The highest BCUT2D eigenvalue weighted by molar-refractivity contribution is 5.75. The first-order valence-electron chi connectivity index (χ1n) is 9.51. The Morgan fingerprint density at radius 3 is 2.23 bits per heavy atom. The van der Waals surface area contributed by atoms with Crippen molar-refractivity contribution in [2.75, 3.05) is 26.2 Å². The van der Waals surface area contributed by atoms with E-state index in [9.17, 15) is 14.0 Å². The summed E-state index contributed by atoms with van der Waals surface area (Å²) in [6.07, 6.45) is 3.44. The maximum absolute atomic E-state index is 13.3. The van der Waals surface area contributed by atoms with Gasteiger partial charge in [-0.2, -0.15) is 0 Å². The van der Waals surface area contributed by atoms with Gasteiger partial charge >= 0.3 is 6.03 Å². The van der Waals surface area contributed by atoms with Crippen molar-refractivity contribution in [3.05, 3.63) is 35.1 Å². The number of carbonyl (C=O) groups is 2. The number of carbonyl (C=O) groups excluding carboxylic acids is 2. The maximum Gasteiger partial charge on any atom is 0.317 e. The number of hydrogen-bond donors (Lipinski definition) is 1. The Morgan fingerprint density at radius 1 is 1.04 bits per heavy atom. The maximum atomic E-state index is 13.3. The molecule has 0 bridgehead atoms. The molecular formula is C20H28FN3O2. The third-order valence-corrected chi connectivity index (χ3v) is 5.72. The van der Waals surface area contributed by atoms with Gasteiger partial charge in [0.15, 0.2) is 0 Å². The lowest BCUT2D eigenvalue weighted by Gasteiger charge is -2.36. The highest BCUT2D eigenvalue weighted by atomic mass is 19.1. The van der Waals surface area contributed by atoms with Crippen LogP contribution < -0.4 is 5.32 Å². The Kier molecular flexibility index (Phi) is 5.79. The van der Waals surface area contributed by atoms with Gasteiger partial charge in [0.2, 0.25) is 5.91 Å². The number of amides is 3. The number of likely N-dealkylation sites (tertiary alicyclic amines) is 2. The van der Waals surface area contributed by atoms with Gasteiger partial charge in [0.1, 0.15) is 5.82 Å². The van der Waals surface area contributed by atoms with Gasteiger partial charge in [0.25, 0.3) is 0 Å². The first-order chi connectivity index (χ1) is 12.4. The molecular weight excluding hydrogens is 333 g/mol. The Bertz CT molecular complexity index is 663. The lowest BCUT2D eigenvalue weighted by atomic mass is 9.87. The Morgan fingerprint density at radius 2 is 1.65 bits per heavy atom. The van der Waals surface area contributed by atoms with Gasteiger partial charge in [0, 0.05) is 39.1 Å². The van der Waals surface area contributed by atoms with Crippen LogP contribution in [0.15, 0.2) is 18.2 Å². The van der Waals surface area contributed by atoms with E-state index in [2.05, 4.69) is 5.32 Å². The first kappa shape index (κ1) is 18.7. The van der Waals surface area contributed by atoms with Crippen LogP contribution in [0.1, 0.15) is 49.7 Å². The standard InChI is InChI=1S/C20H28FN3O2/c1-14-13-17(21)3-4-19(14)16-5-9-24(10-6-16)20(26)22-18-7-11-23(12-8-18)15(2)25/h3-4,13,16,18H,5-12H2,1-2H3,(H,22,26). The predicted octanol–water partition coefficient (Wildman–Crippen LogP) is 3.03. The highest BCUT2D eigenvalue weighted by Gasteiger charge is 2.27. The monoisotopic (exact) mass is 361 g/mol. The SMILES string of the molecule is CC(=O)N1CCC(NC(=O)N2CCC(c3ccc(F)cc3C)CC2)CC1. The molecule has 142 valence electrons. The van der Waals surface area contributed by atoms with E-state index in [-0.39, 0.29) is 23.8 Å². The zero-order valence-corrected chi connectivity index (χ0v) is 15.6. The molecule has 0 atom stereocenters. The number of benzene rings is 1. The van der Waals surface area contributed by atoms with Crippen molar-refractivity contribution < 1.29 is 14.0 Å². The number of urea groups is 1. The van der Waals surface area contributed by atoms with Gasteiger partial charge in [-0.05, 0) is 61.8 Å². The molecule has 0 aliphatic carbocycles. The molecule has 0 spiro atoms. The summed E-state index contributed by atoms with van der Waals surface area (Å²) in [7, 11) is 0. The van der Waals surface area contributed by atoms with Crippen LogP contribution in [0.3, 0.4) is 0 Å². The minimum absolute atomic E-state index is 0.000512. The molecule has 2 saturated heterocycles. The molecule has 3 amide bonds. The Hall–Kier alpha value is -2.11. The molecule has 1 aromatic carbocycles. The average molecular weight is 361 g/mol. The molecule has 0 saturated carbocycles. The third kappa shape index (κ3) is 4.34. The lowest BCUT2D eigenvalue weighted by molar-refractivity contribution is -0.129. The highest BCUT2D eigenvalue weighted by Crippen LogP contribution is 2.30. The Balaban J connectivity index is 1.47. The zero-order valence-electron chi connectivity index (χ0n) is 15.6. The number of halogens is 1. The van der Waals surface area contributed by atoms with Crippen molar-refractivity contribution in [3.63, 3.8) is 0 Å². The molecule has 2 aliphatic rings. The van der Waals surface area contributed by atoms with Crippen molar-refractivity contribution >= 4 is 11.9 Å². The molecule has 2 heterocycles. The largest absolute Gasteiger partial charge is 0.343 e. The second-order valence-electron chi connectivity index (χ2n) is 7.49. The van der Waals surface area contributed by atoms with Crippen molar-refractivity contribution in [1.29, 1.82) is 0 Å². The van der Waals surface area contributed by atoms with E-state index >= 15 is 0 Å². The minimum Gasteiger partial charge on any atom is -0.343 e. The number of aryl methyl sites for hydroxylation is 1. The Labute approximate surface area is 154 Å². The molecule has 2 aliphatic heterocycles. The molecule has 2 fully saturated rings. The molecule has 1 aromatic rings. The molecule has 6 heteroatoms. The van der Waals surface area contributed by atoms with E-state index in [1.54, 1.807) is 13.0 Å². The van der Waals surface area contributed by atoms with Gasteiger partial charge in [0.05, 0.1) is 0 Å². The summed E-state index contributed by atoms with van der Waals surface area (Å²) in [5.41, 5.74) is 2.19. The summed E-state index contributed by atoms with van der Waals surface area (Å²) in [6.45, 7) is 6.41. The molecule has 0 unspecified atom stereocenters. The molecule has 1 N–H and O–H groups in total. The van der Waals surface area contributed by atoms with E-state index in [1.807, 2.05) is 22.8 Å². The van der Waals surface area contributed by atoms with Crippen LogP contribution >= 0.6 is 0 Å². The van der Waals surface area contributed by atoms with Crippen molar-refractivity contribution in [2.24, 2.45) is 0 Å². The van der Waals surface area contributed by atoms with Crippen LogP contribution in [0.5, 0.6) is 0 Å². The summed E-state index contributed by atoms with van der Waals surface area (Å²) in [5.74, 6) is 0.297. The molecule has 26 heavy (non-hydrogen) atoms. The van der Waals surface area contributed by atoms with Gasteiger partial charge in [-0.1, -0.05) is 6.07 Å². The van der Waals surface area contributed by atoms with E-state index in [0.717, 1.165) is 44.3 Å². The second kappa shape index (κ2) is 8.06. The molecule has 0 aromatic heterocycles. The van der Waals surface area contributed by atoms with Gasteiger partial charge in [-0.15, -0.1) is 0 Å². The summed E-state index contributed by atoms with van der Waals surface area (Å²) >= 11 is 0. The van der Waals surface area contributed by atoms with Crippen LogP contribution in [0.2, 0.25) is 0 Å². The van der Waals surface area contributed by atoms with Gasteiger partial charge in [-0.25, -0.2) is 9.18 Å². The zero-order chi connectivity index (χ0) is 18.7. The fourth-order valence-electron chi connectivity index (χ4n) is 4.10. The molecule has 3 rings (SSSR count). The summed E-state index contributed by atoms with van der Waals surface area (Å²) in [6, 6.07) is 5.14. The van der Waals surface area contributed by atoms with E-state index in [0.29, 0.717) is 19.0 Å². The number of nitrogens with zero attached hydrogens (tertiary/aromatic N) is 2. The van der Waals surface area contributed by atoms with E-state index in [1.165, 1.54) is 11.6 Å². The van der Waals surface area contributed by atoms with Crippen molar-refractivity contribution in [2.45, 2.75) is 51.5 Å².